The van der Waals surface area contributed by atoms with Crippen LogP contribution in [0, 0.1) is 6.92 Å². The second-order valence-corrected chi connectivity index (χ2v) is 5.11. The predicted octanol–water partition coefficient (Wildman–Crippen LogP) is 3.40. The molecule has 0 atom stereocenters. The van der Waals surface area contributed by atoms with Crippen LogP contribution < -0.4 is 5.32 Å². The number of benzene rings is 1. The Morgan fingerprint density at radius 2 is 2.20 bits per heavy atom. The Morgan fingerprint density at radius 3 is 2.73 bits per heavy atom. The minimum Gasteiger partial charge on any atom is -0.347 e. The summed E-state index contributed by atoms with van der Waals surface area (Å²) in [7, 11) is 0. The highest BCUT2D eigenvalue weighted by atomic mass is 79.9. The summed E-state index contributed by atoms with van der Waals surface area (Å²) in [6.45, 7) is 5.99. The van der Waals surface area contributed by atoms with Crippen molar-refractivity contribution in [1.82, 2.24) is 5.32 Å². The van der Waals surface area contributed by atoms with Crippen molar-refractivity contribution in [3.05, 3.63) is 44.9 Å². The Morgan fingerprint density at radius 1 is 1.53 bits per heavy atom. The van der Waals surface area contributed by atoms with Crippen LogP contribution >= 0.6 is 31.9 Å². The van der Waals surface area contributed by atoms with Crippen LogP contribution in [0.4, 0.5) is 0 Å². The first-order chi connectivity index (χ1) is 7.02. The van der Waals surface area contributed by atoms with E-state index in [1.165, 1.54) is 0 Å². The molecule has 0 bridgehead atoms. The molecule has 1 aromatic carbocycles. The van der Waals surface area contributed by atoms with Gasteiger partial charge in [0.05, 0.1) is 5.56 Å². The zero-order valence-electron chi connectivity index (χ0n) is 8.31. The molecule has 1 N–H and O–H groups in total. The standard InChI is InChI=1S/C11H11Br2NO/c1-7-4-3-5-9(13)10(7)11(15)14-6-8(2)12/h3-5H,2,6H2,1H3,(H,14,15). The average molecular weight is 333 g/mol. The molecular formula is C11H11Br2NO. The monoisotopic (exact) mass is 331 g/mol. The maximum atomic E-state index is 11.8. The molecule has 0 fully saturated rings. The van der Waals surface area contributed by atoms with E-state index in [0.29, 0.717) is 12.1 Å². The lowest BCUT2D eigenvalue weighted by molar-refractivity contribution is 0.0956. The van der Waals surface area contributed by atoms with Crippen LogP contribution in [0.3, 0.4) is 0 Å². The van der Waals surface area contributed by atoms with E-state index in [1.54, 1.807) is 0 Å². The number of carbonyl (C=O) groups is 1. The number of halogens is 2. The number of hydrogen-bond acceptors (Lipinski definition) is 1. The van der Waals surface area contributed by atoms with E-state index in [2.05, 4.69) is 43.8 Å². The number of rotatable bonds is 3. The van der Waals surface area contributed by atoms with Crippen LogP contribution in [0.15, 0.2) is 33.7 Å². The van der Waals surface area contributed by atoms with Gasteiger partial charge in [-0.2, -0.15) is 0 Å². The van der Waals surface area contributed by atoms with Gasteiger partial charge >= 0.3 is 0 Å². The summed E-state index contributed by atoms with van der Waals surface area (Å²) in [6, 6.07) is 5.66. The molecule has 4 heteroatoms. The average Bonchev–Trinajstić information content (AvgIpc) is 2.14. The minimum atomic E-state index is -0.0967. The number of nitrogens with one attached hydrogen (secondary N) is 1. The third kappa shape index (κ3) is 3.47. The zero-order chi connectivity index (χ0) is 11.4. The molecular weight excluding hydrogens is 322 g/mol. The molecule has 0 unspecified atom stereocenters. The fourth-order valence-electron chi connectivity index (χ4n) is 1.18. The first-order valence-electron chi connectivity index (χ1n) is 4.39. The van der Waals surface area contributed by atoms with Gasteiger partial charge in [-0.25, -0.2) is 0 Å². The molecule has 0 aromatic heterocycles. The lowest BCUT2D eigenvalue weighted by Gasteiger charge is -2.08. The van der Waals surface area contributed by atoms with Gasteiger partial charge < -0.3 is 5.32 Å². The van der Waals surface area contributed by atoms with E-state index in [4.69, 9.17) is 0 Å². The molecule has 0 saturated carbocycles. The van der Waals surface area contributed by atoms with Gasteiger partial charge in [0.1, 0.15) is 0 Å². The first-order valence-corrected chi connectivity index (χ1v) is 5.97. The van der Waals surface area contributed by atoms with Crippen molar-refractivity contribution in [2.45, 2.75) is 6.92 Å². The second kappa shape index (κ2) is 5.47. The smallest absolute Gasteiger partial charge is 0.252 e. The van der Waals surface area contributed by atoms with Crippen LogP contribution in [-0.4, -0.2) is 12.5 Å². The van der Waals surface area contributed by atoms with Crippen molar-refractivity contribution < 1.29 is 4.79 Å². The Kier molecular flexibility index (Phi) is 4.54. The Balaban J connectivity index is 2.86. The lowest BCUT2D eigenvalue weighted by atomic mass is 10.1. The van der Waals surface area contributed by atoms with E-state index < -0.39 is 0 Å². The van der Waals surface area contributed by atoms with Crippen molar-refractivity contribution in [2.24, 2.45) is 0 Å². The van der Waals surface area contributed by atoms with Gasteiger partial charge in [-0.3, -0.25) is 4.79 Å². The molecule has 0 spiro atoms. The highest BCUT2D eigenvalue weighted by Gasteiger charge is 2.11. The van der Waals surface area contributed by atoms with Crippen molar-refractivity contribution in [3.63, 3.8) is 0 Å². The summed E-state index contributed by atoms with van der Waals surface area (Å²) in [5, 5.41) is 2.76. The molecule has 2 nitrogen and oxygen atoms in total. The van der Waals surface area contributed by atoms with Crippen LogP contribution in [0.1, 0.15) is 15.9 Å². The van der Waals surface area contributed by atoms with Crippen LogP contribution in [0.25, 0.3) is 0 Å². The zero-order valence-corrected chi connectivity index (χ0v) is 11.5. The minimum absolute atomic E-state index is 0.0967. The quantitative estimate of drug-likeness (QED) is 0.903. The summed E-state index contributed by atoms with van der Waals surface area (Å²) in [6.07, 6.45) is 0. The molecule has 0 heterocycles. The Hall–Kier alpha value is -0.610. The van der Waals surface area contributed by atoms with Gasteiger partial charge in [0.25, 0.3) is 5.91 Å². The molecule has 1 rings (SSSR count). The molecule has 15 heavy (non-hydrogen) atoms. The number of aryl methyl sites for hydroxylation is 1. The van der Waals surface area contributed by atoms with Crippen molar-refractivity contribution in [1.29, 1.82) is 0 Å². The molecule has 0 saturated heterocycles. The van der Waals surface area contributed by atoms with Gasteiger partial charge in [-0.15, -0.1) is 0 Å². The van der Waals surface area contributed by atoms with Gasteiger partial charge in [-0.1, -0.05) is 34.6 Å². The largest absolute Gasteiger partial charge is 0.347 e. The topological polar surface area (TPSA) is 29.1 Å². The van der Waals surface area contributed by atoms with Gasteiger partial charge in [0.2, 0.25) is 0 Å². The number of hydrogen-bond donors (Lipinski definition) is 1. The summed E-state index contributed by atoms with van der Waals surface area (Å²) < 4.78 is 1.56. The van der Waals surface area contributed by atoms with E-state index in [9.17, 15) is 4.79 Å². The van der Waals surface area contributed by atoms with Crippen molar-refractivity contribution in [2.75, 3.05) is 6.54 Å². The lowest BCUT2D eigenvalue weighted by Crippen LogP contribution is -2.25. The van der Waals surface area contributed by atoms with Gasteiger partial charge in [0, 0.05) is 15.5 Å². The van der Waals surface area contributed by atoms with E-state index in [-0.39, 0.29) is 5.91 Å². The molecule has 80 valence electrons. The summed E-state index contributed by atoms with van der Waals surface area (Å²) in [5.74, 6) is -0.0967. The van der Waals surface area contributed by atoms with E-state index in [0.717, 1.165) is 14.5 Å². The Bertz CT molecular complexity index is 381. The highest BCUT2D eigenvalue weighted by molar-refractivity contribution is 9.11. The van der Waals surface area contributed by atoms with Crippen LogP contribution in [0.2, 0.25) is 0 Å². The van der Waals surface area contributed by atoms with Crippen LogP contribution in [-0.2, 0) is 0 Å². The van der Waals surface area contributed by atoms with Gasteiger partial charge in [0.15, 0.2) is 0 Å². The second-order valence-electron chi connectivity index (χ2n) is 3.13. The maximum absolute atomic E-state index is 11.8. The van der Waals surface area contributed by atoms with E-state index in [1.807, 2.05) is 25.1 Å². The molecule has 0 radical (unpaired) electrons. The third-order valence-corrected chi connectivity index (χ3v) is 2.83. The van der Waals surface area contributed by atoms with E-state index >= 15 is 0 Å². The first kappa shape index (κ1) is 12.5. The van der Waals surface area contributed by atoms with Gasteiger partial charge in [-0.05, 0) is 34.5 Å². The molecule has 0 aliphatic carbocycles. The van der Waals surface area contributed by atoms with Crippen molar-refractivity contribution in [3.8, 4) is 0 Å². The Labute approximate surface area is 106 Å². The predicted molar refractivity (Wildman–Crippen MR) is 69.3 cm³/mol. The molecule has 0 aliphatic rings. The fraction of sp³-hybridized carbons (Fsp3) is 0.182. The summed E-state index contributed by atoms with van der Waals surface area (Å²) >= 11 is 6.55. The van der Waals surface area contributed by atoms with Crippen molar-refractivity contribution >= 4 is 37.8 Å². The maximum Gasteiger partial charge on any atom is 0.252 e. The number of carbonyl (C=O) groups excluding carboxylic acids is 1. The molecule has 0 aliphatic heterocycles. The highest BCUT2D eigenvalue weighted by Crippen LogP contribution is 2.19. The fourth-order valence-corrected chi connectivity index (χ4v) is 1.97. The molecule has 1 amide bonds. The summed E-state index contributed by atoms with van der Waals surface area (Å²) in [5.41, 5.74) is 1.62. The number of amides is 1. The normalized spacial score (nSPS) is 9.80. The third-order valence-electron chi connectivity index (χ3n) is 1.89. The SMILES string of the molecule is C=C(Br)CNC(=O)c1c(C)cccc1Br. The summed E-state index contributed by atoms with van der Waals surface area (Å²) in [4.78, 5) is 11.8. The van der Waals surface area contributed by atoms with Crippen LogP contribution in [0.5, 0.6) is 0 Å². The molecule has 1 aromatic rings.